The van der Waals surface area contributed by atoms with Gasteiger partial charge in [-0.3, -0.25) is 9.78 Å². The fraction of sp³-hybridized carbons (Fsp3) is 0.500. The van der Waals surface area contributed by atoms with E-state index in [1.807, 2.05) is 32.0 Å². The van der Waals surface area contributed by atoms with E-state index in [1.165, 1.54) is 13.3 Å². The van der Waals surface area contributed by atoms with E-state index in [0.29, 0.717) is 12.2 Å². The molecule has 9 nitrogen and oxygen atoms in total. The summed E-state index contributed by atoms with van der Waals surface area (Å²) in [4.78, 5) is 40.1. The summed E-state index contributed by atoms with van der Waals surface area (Å²) in [5.74, 6) is 0.0928. The zero-order valence-corrected chi connectivity index (χ0v) is 18.2. The zero-order chi connectivity index (χ0) is 22.2. The SMILES string of the molecule is COC(=O)C(CC(C)C)NC(=O)c1cnc(N2CCCC2)c(OCc2ccccn2)n1. The molecule has 1 aliphatic rings. The fourth-order valence-corrected chi connectivity index (χ4v) is 3.40. The van der Waals surface area contributed by atoms with Crippen LogP contribution < -0.4 is 15.0 Å². The van der Waals surface area contributed by atoms with Gasteiger partial charge in [0.25, 0.3) is 11.8 Å². The van der Waals surface area contributed by atoms with E-state index in [9.17, 15) is 9.59 Å². The van der Waals surface area contributed by atoms with Gasteiger partial charge in [-0.2, -0.15) is 0 Å². The number of nitrogens with one attached hydrogen (secondary N) is 1. The van der Waals surface area contributed by atoms with Crippen molar-refractivity contribution >= 4 is 17.7 Å². The molecule has 1 N–H and O–H groups in total. The smallest absolute Gasteiger partial charge is 0.328 e. The molecule has 1 saturated heterocycles. The highest BCUT2D eigenvalue weighted by Crippen LogP contribution is 2.27. The molecule has 0 aromatic carbocycles. The Morgan fingerprint density at radius 1 is 1.19 bits per heavy atom. The average Bonchev–Trinajstić information content (AvgIpc) is 3.31. The monoisotopic (exact) mass is 427 g/mol. The molecule has 1 aliphatic heterocycles. The Morgan fingerprint density at radius 3 is 2.61 bits per heavy atom. The normalized spacial score (nSPS) is 14.4. The summed E-state index contributed by atoms with van der Waals surface area (Å²) < 4.78 is 10.7. The Bertz CT molecular complexity index is 885. The van der Waals surface area contributed by atoms with Crippen LogP contribution >= 0.6 is 0 Å². The number of carbonyl (C=O) groups is 2. The summed E-state index contributed by atoms with van der Waals surface area (Å²) in [5, 5.41) is 2.71. The third-order valence-electron chi connectivity index (χ3n) is 4.94. The van der Waals surface area contributed by atoms with Gasteiger partial charge in [0, 0.05) is 19.3 Å². The number of nitrogens with zero attached hydrogens (tertiary/aromatic N) is 4. The van der Waals surface area contributed by atoms with E-state index in [0.717, 1.165) is 31.6 Å². The van der Waals surface area contributed by atoms with Gasteiger partial charge in [-0.05, 0) is 37.3 Å². The molecule has 0 radical (unpaired) electrons. The highest BCUT2D eigenvalue weighted by atomic mass is 16.5. The standard InChI is InChI=1S/C22H29N5O4/c1-15(2)12-17(22(29)30-3)25-20(28)18-13-24-19(27-10-6-7-11-27)21(26-18)31-14-16-8-4-5-9-23-16/h4-5,8-9,13,15,17H,6-7,10-12,14H2,1-3H3,(H,25,28). The van der Waals surface area contributed by atoms with Crippen molar-refractivity contribution in [1.82, 2.24) is 20.3 Å². The maximum atomic E-state index is 12.8. The summed E-state index contributed by atoms with van der Waals surface area (Å²) in [5.41, 5.74) is 0.825. The molecule has 0 aliphatic carbocycles. The lowest BCUT2D eigenvalue weighted by Gasteiger charge is -2.20. The molecule has 1 atom stereocenters. The second kappa shape index (κ2) is 10.7. The number of aromatic nitrogens is 3. The molecular formula is C22H29N5O4. The molecule has 2 aromatic rings. The van der Waals surface area contributed by atoms with Gasteiger partial charge >= 0.3 is 5.97 Å². The Morgan fingerprint density at radius 2 is 1.97 bits per heavy atom. The molecular weight excluding hydrogens is 398 g/mol. The van der Waals surface area contributed by atoms with Gasteiger partial charge in [0.15, 0.2) is 11.5 Å². The van der Waals surface area contributed by atoms with Crippen molar-refractivity contribution in [2.24, 2.45) is 5.92 Å². The Balaban J connectivity index is 1.81. The topological polar surface area (TPSA) is 107 Å². The second-order valence-corrected chi connectivity index (χ2v) is 7.87. The van der Waals surface area contributed by atoms with Crippen LogP contribution in [0.2, 0.25) is 0 Å². The number of carbonyl (C=O) groups excluding carboxylic acids is 2. The van der Waals surface area contributed by atoms with Gasteiger partial charge in [-0.25, -0.2) is 14.8 Å². The summed E-state index contributed by atoms with van der Waals surface area (Å²) in [6, 6.07) is 4.81. The predicted molar refractivity (Wildman–Crippen MR) is 115 cm³/mol. The molecule has 9 heteroatoms. The van der Waals surface area contributed by atoms with Gasteiger partial charge in [-0.15, -0.1) is 0 Å². The maximum Gasteiger partial charge on any atom is 0.328 e. The molecule has 2 aromatic heterocycles. The minimum atomic E-state index is -0.754. The Labute approximate surface area is 182 Å². The first-order chi connectivity index (χ1) is 15.0. The zero-order valence-electron chi connectivity index (χ0n) is 18.2. The van der Waals surface area contributed by atoms with Crippen LogP contribution in [0.1, 0.15) is 49.3 Å². The second-order valence-electron chi connectivity index (χ2n) is 7.87. The molecule has 1 fully saturated rings. The van der Waals surface area contributed by atoms with Gasteiger partial charge < -0.3 is 19.7 Å². The number of hydrogen-bond acceptors (Lipinski definition) is 8. The summed E-state index contributed by atoms with van der Waals surface area (Å²) in [6.07, 6.45) is 5.71. The lowest BCUT2D eigenvalue weighted by molar-refractivity contribution is -0.143. The largest absolute Gasteiger partial charge is 0.469 e. The molecule has 3 heterocycles. The predicted octanol–water partition coefficient (Wildman–Crippen LogP) is 2.37. The Hall–Kier alpha value is -3.23. The third kappa shape index (κ3) is 6.13. The van der Waals surface area contributed by atoms with E-state index in [4.69, 9.17) is 9.47 Å². The first-order valence-corrected chi connectivity index (χ1v) is 10.5. The molecule has 166 valence electrons. The number of anilines is 1. The van der Waals surface area contributed by atoms with Crippen LogP contribution in [0, 0.1) is 5.92 Å². The molecule has 1 amide bonds. The van der Waals surface area contributed by atoms with Gasteiger partial charge in [0.2, 0.25) is 0 Å². The van der Waals surface area contributed by atoms with Crippen LogP contribution in [0.3, 0.4) is 0 Å². The van der Waals surface area contributed by atoms with Crippen molar-refractivity contribution < 1.29 is 19.1 Å². The summed E-state index contributed by atoms with van der Waals surface area (Å²) in [7, 11) is 1.30. The van der Waals surface area contributed by atoms with Crippen LogP contribution in [0.15, 0.2) is 30.6 Å². The van der Waals surface area contributed by atoms with Crippen LogP contribution in [0.4, 0.5) is 5.82 Å². The molecule has 0 saturated carbocycles. The van der Waals surface area contributed by atoms with Crippen LogP contribution in [-0.4, -0.2) is 53.1 Å². The van der Waals surface area contributed by atoms with Crippen molar-refractivity contribution in [3.8, 4) is 5.88 Å². The van der Waals surface area contributed by atoms with Crippen molar-refractivity contribution in [3.63, 3.8) is 0 Å². The number of rotatable bonds is 9. The number of methoxy groups -OCH3 is 1. The van der Waals surface area contributed by atoms with Crippen LogP contribution in [-0.2, 0) is 16.1 Å². The third-order valence-corrected chi connectivity index (χ3v) is 4.94. The minimum Gasteiger partial charge on any atom is -0.469 e. The number of hydrogen-bond donors (Lipinski definition) is 1. The van der Waals surface area contributed by atoms with Gasteiger partial charge in [0.05, 0.1) is 19.0 Å². The fourth-order valence-electron chi connectivity index (χ4n) is 3.40. The lowest BCUT2D eigenvalue weighted by atomic mass is 10.0. The van der Waals surface area contributed by atoms with E-state index in [1.54, 1.807) is 6.20 Å². The Kier molecular flexibility index (Phi) is 7.75. The summed E-state index contributed by atoms with van der Waals surface area (Å²) >= 11 is 0. The number of ether oxygens (including phenoxy) is 2. The van der Waals surface area contributed by atoms with Crippen LogP contribution in [0.25, 0.3) is 0 Å². The molecule has 1 unspecified atom stereocenters. The van der Waals surface area contributed by atoms with E-state index >= 15 is 0 Å². The highest BCUT2D eigenvalue weighted by molar-refractivity contribution is 5.95. The first-order valence-electron chi connectivity index (χ1n) is 10.5. The van der Waals surface area contributed by atoms with Gasteiger partial charge in [0.1, 0.15) is 12.6 Å². The van der Waals surface area contributed by atoms with Gasteiger partial charge in [-0.1, -0.05) is 19.9 Å². The number of esters is 1. The number of amides is 1. The van der Waals surface area contributed by atoms with E-state index in [2.05, 4.69) is 25.2 Å². The van der Waals surface area contributed by atoms with E-state index in [-0.39, 0.29) is 24.1 Å². The quantitative estimate of drug-likeness (QED) is 0.608. The van der Waals surface area contributed by atoms with E-state index < -0.39 is 17.9 Å². The molecule has 0 bridgehead atoms. The molecule has 3 rings (SSSR count). The molecule has 31 heavy (non-hydrogen) atoms. The molecule has 0 spiro atoms. The summed E-state index contributed by atoms with van der Waals surface area (Å²) in [6.45, 7) is 5.87. The lowest BCUT2D eigenvalue weighted by Crippen LogP contribution is -2.42. The maximum absolute atomic E-state index is 12.8. The minimum absolute atomic E-state index is 0.0802. The van der Waals surface area contributed by atoms with Crippen LogP contribution in [0.5, 0.6) is 5.88 Å². The van der Waals surface area contributed by atoms with Crippen molar-refractivity contribution in [2.75, 3.05) is 25.1 Å². The highest BCUT2D eigenvalue weighted by Gasteiger charge is 2.26. The first kappa shape index (κ1) is 22.5. The van der Waals surface area contributed by atoms with Crippen molar-refractivity contribution in [3.05, 3.63) is 42.0 Å². The number of pyridine rings is 1. The average molecular weight is 428 g/mol. The van der Waals surface area contributed by atoms with Crippen molar-refractivity contribution in [2.45, 2.75) is 45.8 Å². The van der Waals surface area contributed by atoms with Crippen molar-refractivity contribution in [1.29, 1.82) is 0 Å².